The molecule has 1 saturated carbocycles. The summed E-state index contributed by atoms with van der Waals surface area (Å²) in [7, 11) is 0. The van der Waals surface area contributed by atoms with Gasteiger partial charge >= 0.3 is 0 Å². The van der Waals surface area contributed by atoms with Gasteiger partial charge in [0.25, 0.3) is 0 Å². The highest BCUT2D eigenvalue weighted by Gasteiger charge is 2.21. The molecular weight excluding hydrogens is 248 g/mol. The number of guanidine groups is 1. The van der Waals surface area contributed by atoms with Crippen LogP contribution in [0.15, 0.2) is 29.3 Å². The molecule has 0 radical (unpaired) electrons. The number of nitrogens with two attached hydrogens (primary N) is 1. The molecule has 1 heterocycles. The molecule has 4 nitrogen and oxygen atoms in total. The van der Waals surface area contributed by atoms with E-state index in [2.05, 4.69) is 34.6 Å². The van der Waals surface area contributed by atoms with Gasteiger partial charge in [-0.2, -0.15) is 0 Å². The second kappa shape index (κ2) is 6.27. The Bertz CT molecular complexity index is 477. The van der Waals surface area contributed by atoms with E-state index in [0.717, 1.165) is 18.9 Å². The molecule has 108 valence electrons. The molecule has 0 aromatic heterocycles. The van der Waals surface area contributed by atoms with Crippen molar-refractivity contribution in [3.8, 4) is 0 Å². The topological polar surface area (TPSA) is 53.6 Å². The summed E-state index contributed by atoms with van der Waals surface area (Å²) in [5, 5.41) is 0. The highest BCUT2D eigenvalue weighted by molar-refractivity contribution is 5.96. The Labute approximate surface area is 121 Å². The molecule has 1 aromatic rings. The summed E-state index contributed by atoms with van der Waals surface area (Å²) in [5.41, 5.74) is 5.51. The van der Waals surface area contributed by atoms with Crippen LogP contribution in [0.3, 0.4) is 0 Å². The molecule has 1 aliphatic carbocycles. The zero-order chi connectivity index (χ0) is 13.8. The fraction of sp³-hybridized carbons (Fsp3) is 0.562. The van der Waals surface area contributed by atoms with Crippen LogP contribution in [0.5, 0.6) is 0 Å². The fourth-order valence-electron chi connectivity index (χ4n) is 3.30. The fourth-order valence-corrected chi connectivity index (χ4v) is 3.30. The quantitative estimate of drug-likeness (QED) is 0.357. The predicted molar refractivity (Wildman–Crippen MR) is 83.7 cm³/mol. The summed E-state index contributed by atoms with van der Waals surface area (Å²) in [4.78, 5) is 7.13. The average molecular weight is 272 g/mol. The molecule has 3 N–H and O–H groups in total. The van der Waals surface area contributed by atoms with Gasteiger partial charge in [0.2, 0.25) is 5.96 Å². The van der Waals surface area contributed by atoms with Crippen molar-refractivity contribution in [2.24, 2.45) is 10.8 Å². The molecule has 0 saturated heterocycles. The number of hydrogen-bond acceptors (Lipinski definition) is 2. The van der Waals surface area contributed by atoms with Gasteiger partial charge in [0.1, 0.15) is 0 Å². The van der Waals surface area contributed by atoms with E-state index in [1.165, 1.54) is 49.8 Å². The third-order valence-electron chi connectivity index (χ3n) is 4.37. The number of fused-ring (bicyclic) bond motifs is 1. The van der Waals surface area contributed by atoms with Crippen molar-refractivity contribution in [3.05, 3.63) is 29.8 Å². The van der Waals surface area contributed by atoms with Crippen LogP contribution >= 0.6 is 0 Å². The normalized spacial score (nSPS) is 20.6. The molecule has 0 bridgehead atoms. The van der Waals surface area contributed by atoms with E-state index in [4.69, 9.17) is 10.8 Å². The first kappa shape index (κ1) is 13.4. The van der Waals surface area contributed by atoms with Crippen LogP contribution < -0.4 is 16.2 Å². The maximum Gasteiger partial charge on any atom is 0.213 e. The first-order chi connectivity index (χ1) is 9.88. The third-order valence-corrected chi connectivity index (χ3v) is 4.37. The zero-order valence-corrected chi connectivity index (χ0v) is 12.0. The minimum atomic E-state index is 0.441. The largest absolute Gasteiger partial charge is 0.311 e. The summed E-state index contributed by atoms with van der Waals surface area (Å²) in [6.45, 7) is 0.993. The van der Waals surface area contributed by atoms with Crippen molar-refractivity contribution in [2.75, 3.05) is 11.4 Å². The number of hydrogen-bond donors (Lipinski definition) is 2. The van der Waals surface area contributed by atoms with Crippen LogP contribution in [0, 0.1) is 0 Å². The third kappa shape index (κ3) is 2.80. The molecule has 2 aliphatic rings. The first-order valence-electron chi connectivity index (χ1n) is 7.78. The number of nitrogens with one attached hydrogen (secondary N) is 1. The Kier molecular flexibility index (Phi) is 4.21. The van der Waals surface area contributed by atoms with Gasteiger partial charge in [0, 0.05) is 12.2 Å². The second-order valence-electron chi connectivity index (χ2n) is 5.77. The molecule has 20 heavy (non-hydrogen) atoms. The maximum absolute atomic E-state index is 5.77. The predicted octanol–water partition coefficient (Wildman–Crippen LogP) is 2.59. The van der Waals surface area contributed by atoms with Crippen molar-refractivity contribution in [3.63, 3.8) is 0 Å². The number of benzene rings is 1. The van der Waals surface area contributed by atoms with Crippen LogP contribution in [0.25, 0.3) is 0 Å². The molecule has 0 unspecified atom stereocenters. The van der Waals surface area contributed by atoms with E-state index in [0.29, 0.717) is 6.04 Å². The molecule has 0 spiro atoms. The number of nitrogens with zero attached hydrogens (tertiary/aromatic N) is 2. The molecule has 0 amide bonds. The van der Waals surface area contributed by atoms with E-state index >= 15 is 0 Å². The summed E-state index contributed by atoms with van der Waals surface area (Å²) in [6, 6.07) is 9.06. The van der Waals surface area contributed by atoms with Gasteiger partial charge in [-0.15, -0.1) is 0 Å². The molecule has 1 aromatic carbocycles. The Balaban J connectivity index is 1.90. The van der Waals surface area contributed by atoms with Crippen LogP contribution in [-0.2, 0) is 6.42 Å². The van der Waals surface area contributed by atoms with E-state index < -0.39 is 0 Å². The first-order valence-corrected chi connectivity index (χ1v) is 7.78. The van der Waals surface area contributed by atoms with Crippen molar-refractivity contribution in [1.29, 1.82) is 0 Å². The highest BCUT2D eigenvalue weighted by atomic mass is 15.4. The van der Waals surface area contributed by atoms with E-state index in [-0.39, 0.29) is 0 Å². The lowest BCUT2D eigenvalue weighted by atomic mass is 10.1. The van der Waals surface area contributed by atoms with Crippen LogP contribution in [0.2, 0.25) is 0 Å². The number of anilines is 1. The van der Waals surface area contributed by atoms with Crippen LogP contribution in [-0.4, -0.2) is 18.5 Å². The van der Waals surface area contributed by atoms with Gasteiger partial charge in [-0.05, 0) is 43.7 Å². The number of aryl methyl sites for hydroxylation is 1. The van der Waals surface area contributed by atoms with Gasteiger partial charge < -0.3 is 4.90 Å². The minimum absolute atomic E-state index is 0.441. The van der Waals surface area contributed by atoms with Gasteiger partial charge in [-0.1, -0.05) is 31.0 Å². The molecular formula is C16H24N4. The number of rotatable bonds is 1. The number of para-hydroxylation sites is 1. The molecule has 3 rings (SSSR count). The van der Waals surface area contributed by atoms with E-state index in [1.807, 2.05) is 0 Å². The maximum atomic E-state index is 5.77. The van der Waals surface area contributed by atoms with Gasteiger partial charge in [-0.3, -0.25) is 5.43 Å². The Morgan fingerprint density at radius 1 is 1.15 bits per heavy atom. The van der Waals surface area contributed by atoms with Crippen LogP contribution in [0.4, 0.5) is 5.69 Å². The van der Waals surface area contributed by atoms with Crippen molar-refractivity contribution < 1.29 is 0 Å². The second-order valence-corrected chi connectivity index (χ2v) is 5.77. The molecule has 0 atom stereocenters. The monoisotopic (exact) mass is 272 g/mol. The summed E-state index contributed by atoms with van der Waals surface area (Å²) >= 11 is 0. The Morgan fingerprint density at radius 2 is 1.95 bits per heavy atom. The lowest BCUT2D eigenvalue weighted by Gasteiger charge is -2.26. The summed E-state index contributed by atoms with van der Waals surface area (Å²) < 4.78 is 0. The standard InChI is InChI=1S/C16H24N4/c17-19-16(18-14-9-2-3-10-14)20-12-6-5-8-13-7-1-4-11-15(13)20/h1,4,7,11,14H,2-3,5-6,8-10,12,17H2,(H,18,19). The molecule has 1 fully saturated rings. The zero-order valence-electron chi connectivity index (χ0n) is 12.0. The molecule has 1 aliphatic heterocycles. The van der Waals surface area contributed by atoms with Crippen molar-refractivity contribution in [1.82, 2.24) is 5.43 Å². The number of aliphatic imine (C=N–C) groups is 1. The van der Waals surface area contributed by atoms with E-state index in [1.54, 1.807) is 0 Å². The van der Waals surface area contributed by atoms with Gasteiger partial charge in [0.05, 0.1) is 6.04 Å². The van der Waals surface area contributed by atoms with Crippen molar-refractivity contribution in [2.45, 2.75) is 51.0 Å². The summed E-state index contributed by atoms with van der Waals surface area (Å²) in [5.74, 6) is 6.61. The van der Waals surface area contributed by atoms with Crippen molar-refractivity contribution >= 4 is 11.6 Å². The number of hydrazine groups is 1. The highest BCUT2D eigenvalue weighted by Crippen LogP contribution is 2.27. The lowest BCUT2D eigenvalue weighted by molar-refractivity contribution is 0.690. The Morgan fingerprint density at radius 3 is 2.75 bits per heavy atom. The minimum Gasteiger partial charge on any atom is -0.311 e. The average Bonchev–Trinajstić information content (AvgIpc) is 2.90. The molecule has 4 heteroatoms. The lowest BCUT2D eigenvalue weighted by Crippen LogP contribution is -2.46. The SMILES string of the molecule is NNC(=NC1CCCC1)N1CCCCc2ccccc21. The Hall–Kier alpha value is -1.55. The summed E-state index contributed by atoms with van der Waals surface area (Å²) in [6.07, 6.45) is 8.54. The smallest absolute Gasteiger partial charge is 0.213 e. The van der Waals surface area contributed by atoms with Crippen LogP contribution in [0.1, 0.15) is 44.1 Å². The van der Waals surface area contributed by atoms with Gasteiger partial charge in [0.15, 0.2) is 0 Å². The van der Waals surface area contributed by atoms with E-state index in [9.17, 15) is 0 Å². The van der Waals surface area contributed by atoms with Gasteiger partial charge in [-0.25, -0.2) is 10.8 Å².